The van der Waals surface area contributed by atoms with Gasteiger partial charge in [0.15, 0.2) is 5.41 Å². The topological polar surface area (TPSA) is 54.4 Å². The minimum Gasteiger partial charge on any atom is -0.480 e. The van der Waals surface area contributed by atoms with Gasteiger partial charge in [-0.15, -0.1) is 0 Å². The first-order valence-corrected chi connectivity index (χ1v) is 2.32. The molecule has 4 heteroatoms. The third-order valence-corrected chi connectivity index (χ3v) is 1.03. The summed E-state index contributed by atoms with van der Waals surface area (Å²) in [7, 11) is 0. The molecule has 0 heterocycles. The summed E-state index contributed by atoms with van der Waals surface area (Å²) in [6, 6.07) is -1.82. The van der Waals surface area contributed by atoms with E-state index in [1.54, 1.807) is 0 Å². The fraction of sp³-hybridized carbons (Fsp3) is 0.600. The van der Waals surface area contributed by atoms with Gasteiger partial charge in [-0.3, -0.25) is 9.59 Å². The van der Waals surface area contributed by atoms with Crippen LogP contribution in [0.4, 0.5) is 4.39 Å². The van der Waals surface area contributed by atoms with Crippen molar-refractivity contribution in [2.24, 2.45) is 5.41 Å². The SMILES string of the molecule is CC(C)(C(=O)O)C(=O)F. The zero-order valence-electron chi connectivity index (χ0n) is 5.14. The Morgan fingerprint density at radius 2 is 1.78 bits per heavy atom. The molecule has 0 saturated carbocycles. The van der Waals surface area contributed by atoms with Crippen LogP contribution in [0.1, 0.15) is 13.8 Å². The molecule has 52 valence electrons. The molecule has 0 saturated heterocycles. The van der Waals surface area contributed by atoms with E-state index >= 15 is 0 Å². The van der Waals surface area contributed by atoms with Gasteiger partial charge in [0.25, 0.3) is 0 Å². The Morgan fingerprint density at radius 1 is 1.44 bits per heavy atom. The first kappa shape index (κ1) is 8.07. The number of hydrogen-bond donors (Lipinski definition) is 1. The molecule has 0 amide bonds. The fourth-order valence-corrected chi connectivity index (χ4v) is 0.0841. The van der Waals surface area contributed by atoms with Gasteiger partial charge in [0.05, 0.1) is 0 Å². The lowest BCUT2D eigenvalue weighted by atomic mass is 9.95. The molecule has 0 atom stereocenters. The van der Waals surface area contributed by atoms with Gasteiger partial charge in [-0.25, -0.2) is 0 Å². The van der Waals surface area contributed by atoms with Gasteiger partial charge in [0.1, 0.15) is 0 Å². The first-order valence-electron chi connectivity index (χ1n) is 2.32. The lowest BCUT2D eigenvalue weighted by molar-refractivity contribution is -0.157. The fourth-order valence-electron chi connectivity index (χ4n) is 0.0841. The molecule has 0 bridgehead atoms. The maximum atomic E-state index is 11.7. The summed E-state index contributed by atoms with van der Waals surface area (Å²) in [5.41, 5.74) is -1.89. The molecule has 9 heavy (non-hydrogen) atoms. The van der Waals surface area contributed by atoms with Gasteiger partial charge in [0.2, 0.25) is 0 Å². The molecule has 0 radical (unpaired) electrons. The van der Waals surface area contributed by atoms with Crippen LogP contribution >= 0.6 is 0 Å². The molecule has 0 aromatic rings. The molecule has 1 N–H and O–H groups in total. The van der Waals surface area contributed by atoms with Gasteiger partial charge in [-0.2, -0.15) is 4.39 Å². The van der Waals surface area contributed by atoms with E-state index in [0.717, 1.165) is 13.8 Å². The number of rotatable bonds is 2. The molecular formula is C5H7FO3. The highest BCUT2D eigenvalue weighted by Crippen LogP contribution is 2.16. The van der Waals surface area contributed by atoms with E-state index in [1.807, 2.05) is 0 Å². The molecular weight excluding hydrogens is 127 g/mol. The molecule has 0 spiro atoms. The Labute approximate surface area is 51.5 Å². The third kappa shape index (κ3) is 1.48. The predicted octanol–water partition coefficient (Wildman–Crippen LogP) is 0.593. The maximum absolute atomic E-state index is 11.7. The van der Waals surface area contributed by atoms with Crippen molar-refractivity contribution in [3.05, 3.63) is 0 Å². The average molecular weight is 134 g/mol. The summed E-state index contributed by atoms with van der Waals surface area (Å²) >= 11 is 0. The Hall–Kier alpha value is -0.930. The second kappa shape index (κ2) is 2.13. The largest absolute Gasteiger partial charge is 0.480 e. The van der Waals surface area contributed by atoms with Crippen LogP contribution in [0.2, 0.25) is 0 Å². The molecule has 0 fully saturated rings. The molecule has 0 rings (SSSR count). The van der Waals surface area contributed by atoms with Crippen molar-refractivity contribution in [2.45, 2.75) is 13.8 Å². The maximum Gasteiger partial charge on any atom is 0.319 e. The van der Waals surface area contributed by atoms with Crippen molar-refractivity contribution < 1.29 is 19.1 Å². The van der Waals surface area contributed by atoms with Crippen LogP contribution in [0.25, 0.3) is 0 Å². The average Bonchev–Trinajstić information content (AvgIpc) is 1.65. The zero-order valence-corrected chi connectivity index (χ0v) is 5.14. The van der Waals surface area contributed by atoms with Crippen molar-refractivity contribution in [1.82, 2.24) is 0 Å². The number of halogens is 1. The van der Waals surface area contributed by atoms with E-state index in [4.69, 9.17) is 5.11 Å². The van der Waals surface area contributed by atoms with Crippen molar-refractivity contribution in [2.75, 3.05) is 0 Å². The molecule has 0 aliphatic rings. The molecule has 0 aliphatic carbocycles. The van der Waals surface area contributed by atoms with Gasteiger partial charge in [-0.05, 0) is 13.8 Å². The highest BCUT2D eigenvalue weighted by atomic mass is 19.1. The number of carboxylic acid groups (broad SMARTS) is 1. The van der Waals surface area contributed by atoms with Crippen LogP contribution in [0.3, 0.4) is 0 Å². The van der Waals surface area contributed by atoms with E-state index in [0.29, 0.717) is 0 Å². The van der Waals surface area contributed by atoms with Gasteiger partial charge >= 0.3 is 12.0 Å². The van der Waals surface area contributed by atoms with Crippen molar-refractivity contribution in [1.29, 1.82) is 0 Å². The first-order chi connectivity index (χ1) is 3.89. The molecule has 3 nitrogen and oxygen atoms in total. The number of carboxylic acids is 1. The normalized spacial score (nSPS) is 11.0. The van der Waals surface area contributed by atoms with Gasteiger partial charge < -0.3 is 5.11 Å². The summed E-state index contributed by atoms with van der Waals surface area (Å²) in [6.45, 7) is 2.02. The Balaban J connectivity index is 4.38. The third-order valence-electron chi connectivity index (χ3n) is 1.03. The van der Waals surface area contributed by atoms with E-state index in [1.165, 1.54) is 0 Å². The van der Waals surface area contributed by atoms with Crippen LogP contribution in [-0.2, 0) is 9.59 Å². The molecule has 0 aliphatic heterocycles. The second-order valence-corrected chi connectivity index (χ2v) is 2.20. The van der Waals surface area contributed by atoms with Crippen LogP contribution in [0, 0.1) is 5.41 Å². The summed E-state index contributed by atoms with van der Waals surface area (Å²) in [5.74, 6) is -1.45. The lowest BCUT2D eigenvalue weighted by Crippen LogP contribution is -2.30. The quantitative estimate of drug-likeness (QED) is 0.444. The summed E-state index contributed by atoms with van der Waals surface area (Å²) in [5, 5.41) is 8.15. The Morgan fingerprint density at radius 3 is 1.78 bits per heavy atom. The second-order valence-electron chi connectivity index (χ2n) is 2.20. The minimum absolute atomic E-state index is 1.01. The monoisotopic (exact) mass is 134 g/mol. The summed E-state index contributed by atoms with van der Waals surface area (Å²) in [4.78, 5) is 19.9. The van der Waals surface area contributed by atoms with Gasteiger partial charge in [0, 0.05) is 0 Å². The van der Waals surface area contributed by atoms with E-state index < -0.39 is 17.4 Å². The van der Waals surface area contributed by atoms with Crippen molar-refractivity contribution in [3.8, 4) is 0 Å². The molecule has 0 aromatic carbocycles. The van der Waals surface area contributed by atoms with E-state index in [-0.39, 0.29) is 0 Å². The Kier molecular flexibility index (Phi) is 1.91. The van der Waals surface area contributed by atoms with Crippen LogP contribution in [0.15, 0.2) is 0 Å². The number of carbonyl (C=O) groups excluding carboxylic acids is 1. The Bertz CT molecular complexity index is 134. The van der Waals surface area contributed by atoms with Crippen LogP contribution in [0.5, 0.6) is 0 Å². The van der Waals surface area contributed by atoms with Crippen molar-refractivity contribution in [3.63, 3.8) is 0 Å². The highest BCUT2D eigenvalue weighted by molar-refractivity contribution is 5.97. The summed E-state index contributed by atoms with van der Waals surface area (Å²) in [6.07, 6.45) is 0. The lowest BCUT2D eigenvalue weighted by Gasteiger charge is -2.09. The zero-order chi connectivity index (χ0) is 7.65. The number of carbonyl (C=O) groups is 2. The van der Waals surface area contributed by atoms with E-state index in [2.05, 4.69) is 0 Å². The van der Waals surface area contributed by atoms with Crippen LogP contribution < -0.4 is 0 Å². The number of hydrogen-bond acceptors (Lipinski definition) is 2. The van der Waals surface area contributed by atoms with Crippen LogP contribution in [-0.4, -0.2) is 17.1 Å². The smallest absolute Gasteiger partial charge is 0.319 e. The number of aliphatic carboxylic acids is 1. The highest BCUT2D eigenvalue weighted by Gasteiger charge is 2.36. The minimum atomic E-state index is -1.89. The van der Waals surface area contributed by atoms with Gasteiger partial charge in [-0.1, -0.05) is 0 Å². The van der Waals surface area contributed by atoms with E-state index in [9.17, 15) is 14.0 Å². The molecule has 0 unspecified atom stereocenters. The van der Waals surface area contributed by atoms with Crippen molar-refractivity contribution >= 4 is 12.0 Å². The summed E-state index contributed by atoms with van der Waals surface area (Å²) < 4.78 is 11.7. The standard InChI is InChI=1S/C5H7FO3/c1-5(2,3(6)7)4(8)9/h1-2H3,(H,8,9). The molecule has 0 aromatic heterocycles. The predicted molar refractivity (Wildman–Crippen MR) is 27.5 cm³/mol.